The molecule has 3 aromatic rings. The van der Waals surface area contributed by atoms with Gasteiger partial charge in [0.15, 0.2) is 5.76 Å². The molecule has 0 fully saturated rings. The molecule has 2 aromatic heterocycles. The number of nitrogens with two attached hydrogens (primary N) is 1. The summed E-state index contributed by atoms with van der Waals surface area (Å²) in [5, 5.41) is 5.20. The van der Waals surface area contributed by atoms with E-state index in [0.717, 1.165) is 22.4 Å². The number of hydrogen-bond donors (Lipinski definition) is 1. The van der Waals surface area contributed by atoms with Crippen LogP contribution in [0.15, 0.2) is 34.9 Å². The van der Waals surface area contributed by atoms with Gasteiger partial charge in [0.1, 0.15) is 11.3 Å². The van der Waals surface area contributed by atoms with Gasteiger partial charge < -0.3 is 10.2 Å². The van der Waals surface area contributed by atoms with Gasteiger partial charge in [-0.3, -0.25) is 4.68 Å². The average Bonchev–Trinajstić information content (AvgIpc) is 2.81. The molecule has 0 aliphatic rings. The topological polar surface area (TPSA) is 57.0 Å². The van der Waals surface area contributed by atoms with Crippen LogP contribution in [0.5, 0.6) is 0 Å². The molecule has 0 radical (unpaired) electrons. The van der Waals surface area contributed by atoms with Crippen LogP contribution in [0.4, 0.5) is 5.69 Å². The predicted octanol–water partition coefficient (Wildman–Crippen LogP) is 2.72. The number of nitrogens with zero attached hydrogens (tertiary/aromatic N) is 2. The Labute approximate surface area is 98.6 Å². The molecule has 3 rings (SSSR count). The Morgan fingerprint density at radius 3 is 2.82 bits per heavy atom. The first-order valence-corrected chi connectivity index (χ1v) is 5.43. The summed E-state index contributed by atoms with van der Waals surface area (Å²) in [4.78, 5) is 0. The second-order valence-corrected chi connectivity index (χ2v) is 4.22. The molecule has 0 bridgehead atoms. The van der Waals surface area contributed by atoms with Gasteiger partial charge in [0.25, 0.3) is 0 Å². The van der Waals surface area contributed by atoms with E-state index in [9.17, 15) is 0 Å². The highest BCUT2D eigenvalue weighted by Crippen LogP contribution is 2.31. The third-order valence-electron chi connectivity index (χ3n) is 2.87. The van der Waals surface area contributed by atoms with E-state index in [-0.39, 0.29) is 0 Å². The summed E-state index contributed by atoms with van der Waals surface area (Å²) in [6.45, 7) is 2.06. The van der Waals surface area contributed by atoms with Crippen molar-refractivity contribution in [3.63, 3.8) is 0 Å². The highest BCUT2D eigenvalue weighted by atomic mass is 16.3. The van der Waals surface area contributed by atoms with Crippen LogP contribution in [0.1, 0.15) is 5.56 Å². The maximum atomic E-state index is 5.88. The molecule has 0 atom stereocenters. The first-order valence-electron chi connectivity index (χ1n) is 5.43. The van der Waals surface area contributed by atoms with Crippen molar-refractivity contribution >= 4 is 16.7 Å². The number of hydrogen-bond acceptors (Lipinski definition) is 3. The van der Waals surface area contributed by atoms with E-state index in [4.69, 9.17) is 10.2 Å². The van der Waals surface area contributed by atoms with E-state index in [0.29, 0.717) is 5.69 Å². The summed E-state index contributed by atoms with van der Waals surface area (Å²) in [6, 6.07) is 8.09. The lowest BCUT2D eigenvalue weighted by Crippen LogP contribution is -1.94. The van der Waals surface area contributed by atoms with Crippen LogP contribution in [0.3, 0.4) is 0 Å². The lowest BCUT2D eigenvalue weighted by Gasteiger charge is -1.98. The minimum atomic E-state index is 0.628. The van der Waals surface area contributed by atoms with Gasteiger partial charge in [-0.05, 0) is 25.1 Å². The third-order valence-corrected chi connectivity index (χ3v) is 2.87. The van der Waals surface area contributed by atoms with Crippen LogP contribution >= 0.6 is 0 Å². The molecule has 0 spiro atoms. The van der Waals surface area contributed by atoms with Crippen LogP contribution in [0, 0.1) is 6.92 Å². The van der Waals surface area contributed by atoms with Crippen LogP contribution < -0.4 is 5.73 Å². The van der Waals surface area contributed by atoms with Gasteiger partial charge in [-0.2, -0.15) is 5.10 Å². The molecule has 4 nitrogen and oxygen atoms in total. The molecule has 4 heteroatoms. The molecule has 0 aliphatic heterocycles. The highest BCUT2D eigenvalue weighted by Gasteiger charge is 2.13. The average molecular weight is 227 g/mol. The van der Waals surface area contributed by atoms with Crippen molar-refractivity contribution in [3.8, 4) is 11.5 Å². The SMILES string of the molecule is Cc1ccc2oc(-c3c(N)cnn3C)cc2c1. The summed E-state index contributed by atoms with van der Waals surface area (Å²) >= 11 is 0. The largest absolute Gasteiger partial charge is 0.454 e. The Bertz CT molecular complexity index is 674. The summed E-state index contributed by atoms with van der Waals surface area (Å²) < 4.78 is 7.51. The van der Waals surface area contributed by atoms with Crippen molar-refractivity contribution in [2.24, 2.45) is 7.05 Å². The number of fused-ring (bicyclic) bond motifs is 1. The maximum Gasteiger partial charge on any atom is 0.155 e. The quantitative estimate of drug-likeness (QED) is 0.695. The Morgan fingerprint density at radius 2 is 2.12 bits per heavy atom. The van der Waals surface area contributed by atoms with E-state index in [1.807, 2.05) is 25.2 Å². The van der Waals surface area contributed by atoms with Gasteiger partial charge in [-0.15, -0.1) is 0 Å². The number of nitrogen functional groups attached to an aromatic ring is 1. The van der Waals surface area contributed by atoms with Crippen molar-refractivity contribution in [2.75, 3.05) is 5.73 Å². The second-order valence-electron chi connectivity index (χ2n) is 4.22. The molecular weight excluding hydrogens is 214 g/mol. The van der Waals surface area contributed by atoms with Gasteiger partial charge in [0.2, 0.25) is 0 Å². The zero-order chi connectivity index (χ0) is 12.0. The predicted molar refractivity (Wildman–Crippen MR) is 67.6 cm³/mol. The van der Waals surface area contributed by atoms with E-state index in [1.165, 1.54) is 5.56 Å². The van der Waals surface area contributed by atoms with Gasteiger partial charge in [0, 0.05) is 12.4 Å². The first-order chi connectivity index (χ1) is 8.15. The normalized spacial score (nSPS) is 11.2. The Kier molecular flexibility index (Phi) is 1.98. The molecule has 86 valence electrons. The molecule has 0 saturated carbocycles. The third kappa shape index (κ3) is 1.49. The van der Waals surface area contributed by atoms with Crippen LogP contribution in [0.25, 0.3) is 22.4 Å². The van der Waals surface area contributed by atoms with E-state index in [1.54, 1.807) is 10.9 Å². The zero-order valence-electron chi connectivity index (χ0n) is 9.77. The lowest BCUT2D eigenvalue weighted by molar-refractivity contribution is 0.618. The summed E-state index contributed by atoms with van der Waals surface area (Å²) in [5.74, 6) is 0.753. The first kappa shape index (κ1) is 9.96. The van der Waals surface area contributed by atoms with Crippen molar-refractivity contribution in [1.82, 2.24) is 9.78 Å². The lowest BCUT2D eigenvalue weighted by atomic mass is 10.2. The number of aromatic nitrogens is 2. The second kappa shape index (κ2) is 3.38. The molecule has 0 amide bonds. The molecule has 17 heavy (non-hydrogen) atoms. The van der Waals surface area contributed by atoms with E-state index in [2.05, 4.69) is 18.1 Å². The standard InChI is InChI=1S/C13H13N3O/c1-8-3-4-11-9(5-8)6-12(17-11)13-10(14)7-15-16(13)2/h3-7H,14H2,1-2H3. The Morgan fingerprint density at radius 1 is 1.29 bits per heavy atom. The van der Waals surface area contributed by atoms with Gasteiger partial charge >= 0.3 is 0 Å². The van der Waals surface area contributed by atoms with Crippen molar-refractivity contribution in [1.29, 1.82) is 0 Å². The van der Waals surface area contributed by atoms with Crippen molar-refractivity contribution < 1.29 is 4.42 Å². The monoisotopic (exact) mass is 227 g/mol. The number of aryl methyl sites for hydroxylation is 2. The molecular formula is C13H13N3O. The fourth-order valence-corrected chi connectivity index (χ4v) is 2.04. The maximum absolute atomic E-state index is 5.88. The van der Waals surface area contributed by atoms with Gasteiger partial charge in [-0.25, -0.2) is 0 Å². The molecule has 2 heterocycles. The summed E-state index contributed by atoms with van der Waals surface area (Å²) in [6.07, 6.45) is 1.63. The zero-order valence-corrected chi connectivity index (χ0v) is 9.77. The molecule has 0 aliphatic carbocycles. The summed E-state index contributed by atoms with van der Waals surface area (Å²) in [7, 11) is 1.85. The van der Waals surface area contributed by atoms with E-state index >= 15 is 0 Å². The fraction of sp³-hybridized carbons (Fsp3) is 0.154. The van der Waals surface area contributed by atoms with Crippen molar-refractivity contribution in [2.45, 2.75) is 6.92 Å². The fourth-order valence-electron chi connectivity index (χ4n) is 2.04. The molecule has 1 aromatic carbocycles. The van der Waals surface area contributed by atoms with Gasteiger partial charge in [0.05, 0.1) is 11.9 Å². The van der Waals surface area contributed by atoms with E-state index < -0.39 is 0 Å². The smallest absolute Gasteiger partial charge is 0.155 e. The van der Waals surface area contributed by atoms with Gasteiger partial charge in [-0.1, -0.05) is 11.6 Å². The molecule has 0 saturated heterocycles. The van der Waals surface area contributed by atoms with Crippen LogP contribution in [-0.2, 0) is 7.05 Å². The molecule has 0 unspecified atom stereocenters. The molecule has 2 N–H and O–H groups in total. The Balaban J connectivity index is 2.25. The van der Waals surface area contributed by atoms with Crippen LogP contribution in [0.2, 0.25) is 0 Å². The van der Waals surface area contributed by atoms with Crippen LogP contribution in [-0.4, -0.2) is 9.78 Å². The number of rotatable bonds is 1. The highest BCUT2D eigenvalue weighted by molar-refractivity contribution is 5.84. The number of furan rings is 1. The summed E-state index contributed by atoms with van der Waals surface area (Å²) in [5.41, 5.74) is 9.41. The minimum Gasteiger partial charge on any atom is -0.454 e. The Hall–Kier alpha value is -2.23. The minimum absolute atomic E-state index is 0.628. The number of benzene rings is 1. The van der Waals surface area contributed by atoms with Crippen molar-refractivity contribution in [3.05, 3.63) is 36.0 Å². The number of anilines is 1.